The van der Waals surface area contributed by atoms with Crippen LogP contribution in [0.5, 0.6) is 0 Å². The Morgan fingerprint density at radius 2 is 2.06 bits per heavy atom. The van der Waals surface area contributed by atoms with E-state index in [1.165, 1.54) is 0 Å². The number of nitrogens with one attached hydrogen (secondary N) is 1. The number of fused-ring (bicyclic) bond motifs is 1. The molecule has 2 N–H and O–H groups in total. The number of nitrogens with zero attached hydrogens (tertiary/aromatic N) is 1. The largest absolute Gasteiger partial charge is 0.395 e. The van der Waals surface area contributed by atoms with Crippen LogP contribution in [0, 0.1) is 6.92 Å². The van der Waals surface area contributed by atoms with E-state index < -0.39 is 0 Å². The van der Waals surface area contributed by atoms with E-state index in [-0.39, 0.29) is 19.0 Å². The van der Waals surface area contributed by atoms with E-state index in [2.05, 4.69) is 10.3 Å². The van der Waals surface area contributed by atoms with Crippen LogP contribution in [0.2, 0.25) is 0 Å². The lowest BCUT2D eigenvalue weighted by molar-refractivity contribution is 0.311. The highest BCUT2D eigenvalue weighted by Crippen LogP contribution is 2.22. The van der Waals surface area contributed by atoms with Gasteiger partial charge in [0.15, 0.2) is 0 Å². The summed E-state index contributed by atoms with van der Waals surface area (Å²) in [6.07, 6.45) is 0. The lowest BCUT2D eigenvalue weighted by atomic mass is 10.1. The SMILES string of the molecule is Cc1cc(NCCO)c2ccccc2n1.Cl. The Morgan fingerprint density at radius 3 is 2.81 bits per heavy atom. The standard InChI is InChI=1S/C12H14N2O.ClH/c1-9-8-12(13-6-7-15)10-4-2-3-5-11(10)14-9;/h2-5,8,15H,6-7H2,1H3,(H,13,14);1H. The zero-order chi connectivity index (χ0) is 10.7. The third kappa shape index (κ3) is 2.62. The molecule has 0 saturated carbocycles. The van der Waals surface area contributed by atoms with Gasteiger partial charge in [-0.1, -0.05) is 18.2 Å². The minimum Gasteiger partial charge on any atom is -0.395 e. The van der Waals surface area contributed by atoms with E-state index in [1.54, 1.807) is 0 Å². The lowest BCUT2D eigenvalue weighted by Gasteiger charge is -2.09. The van der Waals surface area contributed by atoms with Crippen molar-refractivity contribution in [2.45, 2.75) is 6.92 Å². The highest BCUT2D eigenvalue weighted by atomic mass is 35.5. The number of aliphatic hydroxyl groups is 1. The van der Waals surface area contributed by atoms with Crippen molar-refractivity contribution in [1.82, 2.24) is 4.98 Å². The number of aromatic nitrogens is 1. The minimum absolute atomic E-state index is 0. The molecule has 2 aromatic rings. The second-order valence-electron chi connectivity index (χ2n) is 3.48. The molecule has 16 heavy (non-hydrogen) atoms. The number of hydrogen-bond acceptors (Lipinski definition) is 3. The second kappa shape index (κ2) is 5.68. The van der Waals surface area contributed by atoms with Gasteiger partial charge in [-0.2, -0.15) is 0 Å². The summed E-state index contributed by atoms with van der Waals surface area (Å²) in [6, 6.07) is 9.99. The Balaban J connectivity index is 0.00000128. The van der Waals surface area contributed by atoms with Crippen LogP contribution in [0.3, 0.4) is 0 Å². The van der Waals surface area contributed by atoms with Crippen molar-refractivity contribution in [3.8, 4) is 0 Å². The van der Waals surface area contributed by atoms with Gasteiger partial charge < -0.3 is 10.4 Å². The van der Waals surface area contributed by atoms with Gasteiger partial charge in [-0.3, -0.25) is 4.98 Å². The number of anilines is 1. The molecule has 86 valence electrons. The van der Waals surface area contributed by atoms with Crippen molar-refractivity contribution in [3.05, 3.63) is 36.0 Å². The van der Waals surface area contributed by atoms with Gasteiger partial charge in [-0.25, -0.2) is 0 Å². The maximum atomic E-state index is 8.79. The summed E-state index contributed by atoms with van der Waals surface area (Å²) in [5.41, 5.74) is 3.00. The molecular formula is C12H15ClN2O. The number of aliphatic hydroxyl groups excluding tert-OH is 1. The van der Waals surface area contributed by atoms with Gasteiger partial charge >= 0.3 is 0 Å². The van der Waals surface area contributed by atoms with Crippen LogP contribution in [0.4, 0.5) is 5.69 Å². The second-order valence-corrected chi connectivity index (χ2v) is 3.48. The van der Waals surface area contributed by atoms with E-state index in [0.717, 1.165) is 22.3 Å². The smallest absolute Gasteiger partial charge is 0.0725 e. The highest BCUT2D eigenvalue weighted by Gasteiger charge is 2.01. The average molecular weight is 239 g/mol. The van der Waals surface area contributed by atoms with Crippen molar-refractivity contribution in [2.24, 2.45) is 0 Å². The molecule has 0 atom stereocenters. The third-order valence-corrected chi connectivity index (χ3v) is 2.27. The highest BCUT2D eigenvalue weighted by molar-refractivity contribution is 5.91. The average Bonchev–Trinajstić information content (AvgIpc) is 2.25. The van der Waals surface area contributed by atoms with Crippen LogP contribution in [-0.2, 0) is 0 Å². The third-order valence-electron chi connectivity index (χ3n) is 2.27. The molecule has 0 saturated heterocycles. The number of para-hydroxylation sites is 1. The fraction of sp³-hybridized carbons (Fsp3) is 0.250. The fourth-order valence-corrected chi connectivity index (χ4v) is 1.64. The van der Waals surface area contributed by atoms with E-state index >= 15 is 0 Å². The van der Waals surface area contributed by atoms with Crippen molar-refractivity contribution >= 4 is 29.0 Å². The van der Waals surface area contributed by atoms with E-state index in [1.807, 2.05) is 37.3 Å². The monoisotopic (exact) mass is 238 g/mol. The summed E-state index contributed by atoms with van der Waals surface area (Å²) in [4.78, 5) is 4.44. The van der Waals surface area contributed by atoms with Gasteiger partial charge in [0.05, 0.1) is 12.1 Å². The maximum Gasteiger partial charge on any atom is 0.0725 e. The van der Waals surface area contributed by atoms with Gasteiger partial charge in [0.2, 0.25) is 0 Å². The first-order chi connectivity index (χ1) is 7.31. The molecule has 0 fully saturated rings. The van der Waals surface area contributed by atoms with Crippen LogP contribution in [0.25, 0.3) is 10.9 Å². The Labute approximate surface area is 101 Å². The van der Waals surface area contributed by atoms with Gasteiger partial charge in [0.1, 0.15) is 0 Å². The zero-order valence-corrected chi connectivity index (χ0v) is 9.92. The number of halogens is 1. The summed E-state index contributed by atoms with van der Waals surface area (Å²) in [6.45, 7) is 2.67. The van der Waals surface area contributed by atoms with Crippen LogP contribution < -0.4 is 5.32 Å². The van der Waals surface area contributed by atoms with Crippen LogP contribution in [0.15, 0.2) is 30.3 Å². The van der Waals surface area contributed by atoms with Crippen LogP contribution in [0.1, 0.15) is 5.69 Å². The number of rotatable bonds is 3. The topological polar surface area (TPSA) is 45.1 Å². The minimum atomic E-state index is 0. The molecule has 1 aromatic carbocycles. The van der Waals surface area contributed by atoms with E-state index in [0.29, 0.717) is 6.54 Å². The van der Waals surface area contributed by atoms with Gasteiger partial charge in [-0.15, -0.1) is 12.4 Å². The molecule has 0 aliphatic rings. The molecule has 0 bridgehead atoms. The first-order valence-electron chi connectivity index (χ1n) is 5.02. The number of pyridine rings is 1. The molecule has 0 radical (unpaired) electrons. The molecule has 1 heterocycles. The summed E-state index contributed by atoms with van der Waals surface area (Å²) in [5.74, 6) is 0. The molecule has 4 heteroatoms. The summed E-state index contributed by atoms with van der Waals surface area (Å²) >= 11 is 0. The first-order valence-corrected chi connectivity index (χ1v) is 5.02. The van der Waals surface area contributed by atoms with E-state index in [4.69, 9.17) is 5.11 Å². The van der Waals surface area contributed by atoms with Gasteiger partial charge in [0, 0.05) is 23.3 Å². The first kappa shape index (κ1) is 12.7. The summed E-state index contributed by atoms with van der Waals surface area (Å²) in [7, 11) is 0. The lowest BCUT2D eigenvalue weighted by Crippen LogP contribution is -2.06. The molecule has 1 aromatic heterocycles. The van der Waals surface area contributed by atoms with Gasteiger partial charge in [-0.05, 0) is 19.1 Å². The van der Waals surface area contributed by atoms with Crippen molar-refractivity contribution in [2.75, 3.05) is 18.5 Å². The normalized spacial score (nSPS) is 9.88. The molecule has 0 unspecified atom stereocenters. The number of aryl methyl sites for hydroxylation is 1. The van der Waals surface area contributed by atoms with Crippen molar-refractivity contribution < 1.29 is 5.11 Å². The fourth-order valence-electron chi connectivity index (χ4n) is 1.64. The van der Waals surface area contributed by atoms with Crippen molar-refractivity contribution in [3.63, 3.8) is 0 Å². The van der Waals surface area contributed by atoms with Crippen LogP contribution in [-0.4, -0.2) is 23.2 Å². The Morgan fingerprint density at radius 1 is 1.31 bits per heavy atom. The van der Waals surface area contributed by atoms with Crippen LogP contribution >= 0.6 is 12.4 Å². The predicted octanol–water partition coefficient (Wildman–Crippen LogP) is 2.37. The summed E-state index contributed by atoms with van der Waals surface area (Å²) < 4.78 is 0. The molecule has 3 nitrogen and oxygen atoms in total. The Hall–Kier alpha value is -1.32. The van der Waals surface area contributed by atoms with Gasteiger partial charge in [0.25, 0.3) is 0 Å². The molecular weight excluding hydrogens is 224 g/mol. The molecule has 0 aliphatic heterocycles. The maximum absolute atomic E-state index is 8.79. The molecule has 0 amide bonds. The predicted molar refractivity (Wildman–Crippen MR) is 69.3 cm³/mol. The Kier molecular flexibility index (Phi) is 4.52. The quantitative estimate of drug-likeness (QED) is 0.863. The zero-order valence-electron chi connectivity index (χ0n) is 9.10. The number of hydrogen-bond donors (Lipinski definition) is 2. The molecule has 2 rings (SSSR count). The molecule has 0 aliphatic carbocycles. The number of benzene rings is 1. The van der Waals surface area contributed by atoms with E-state index in [9.17, 15) is 0 Å². The summed E-state index contributed by atoms with van der Waals surface area (Å²) in [5, 5.41) is 13.1. The Bertz CT molecular complexity index is 474. The molecule has 0 spiro atoms. The van der Waals surface area contributed by atoms with Crippen molar-refractivity contribution in [1.29, 1.82) is 0 Å².